The number of hydrogen-bond acceptors (Lipinski definition) is 4. The lowest BCUT2D eigenvalue weighted by atomic mass is 10.0. The number of amides is 1. The van der Waals surface area contributed by atoms with Gasteiger partial charge in [0, 0.05) is 25.7 Å². The third-order valence-electron chi connectivity index (χ3n) is 4.71. The molecular formula is C14H27N3O3S. The summed E-state index contributed by atoms with van der Waals surface area (Å²) in [6, 6.07) is -0.147. The molecule has 0 spiro atoms. The first-order chi connectivity index (χ1) is 9.71. The van der Waals surface area contributed by atoms with Gasteiger partial charge in [0.05, 0.1) is 6.26 Å². The van der Waals surface area contributed by atoms with E-state index in [1.54, 1.807) is 0 Å². The van der Waals surface area contributed by atoms with E-state index in [1.807, 2.05) is 19.0 Å². The van der Waals surface area contributed by atoms with E-state index in [4.69, 9.17) is 0 Å². The predicted molar refractivity (Wildman–Crippen MR) is 82.4 cm³/mol. The van der Waals surface area contributed by atoms with E-state index in [-0.39, 0.29) is 5.91 Å². The van der Waals surface area contributed by atoms with Crippen LogP contribution in [-0.2, 0) is 14.8 Å². The smallest absolute Gasteiger partial charge is 0.241 e. The van der Waals surface area contributed by atoms with Crippen molar-refractivity contribution >= 4 is 15.9 Å². The van der Waals surface area contributed by atoms with Crippen molar-refractivity contribution in [1.82, 2.24) is 14.1 Å². The molecule has 2 saturated heterocycles. The zero-order chi connectivity index (χ0) is 15.8. The minimum atomic E-state index is -3.32. The second kappa shape index (κ2) is 6.22. The van der Waals surface area contributed by atoms with Gasteiger partial charge < -0.3 is 9.80 Å². The fourth-order valence-electron chi connectivity index (χ4n) is 3.56. The van der Waals surface area contributed by atoms with Crippen molar-refractivity contribution in [3.05, 3.63) is 0 Å². The molecule has 2 heterocycles. The Morgan fingerprint density at radius 2 is 1.86 bits per heavy atom. The number of hydrogen-bond donors (Lipinski definition) is 0. The average molecular weight is 317 g/mol. The Bertz CT molecular complexity index is 492. The van der Waals surface area contributed by atoms with Gasteiger partial charge in [-0.15, -0.1) is 0 Å². The Kier molecular flexibility index (Phi) is 4.95. The largest absolute Gasteiger partial charge is 0.339 e. The van der Waals surface area contributed by atoms with Crippen LogP contribution >= 0.6 is 0 Å². The maximum atomic E-state index is 12.8. The third-order valence-corrected chi connectivity index (χ3v) is 6.00. The zero-order valence-electron chi connectivity index (χ0n) is 13.4. The second-order valence-electron chi connectivity index (χ2n) is 6.64. The van der Waals surface area contributed by atoms with Crippen molar-refractivity contribution in [3.8, 4) is 0 Å². The van der Waals surface area contributed by atoms with Gasteiger partial charge in [-0.05, 0) is 32.9 Å². The molecule has 0 bridgehead atoms. The number of sulfonamides is 1. The first-order valence-electron chi connectivity index (χ1n) is 7.64. The maximum Gasteiger partial charge on any atom is 0.241 e. The summed E-state index contributed by atoms with van der Waals surface area (Å²) in [4.78, 5) is 16.8. The molecule has 0 aliphatic carbocycles. The molecule has 2 fully saturated rings. The Balaban J connectivity index is 2.12. The highest BCUT2D eigenvalue weighted by atomic mass is 32.2. The van der Waals surface area contributed by atoms with Gasteiger partial charge in [-0.25, -0.2) is 8.42 Å². The highest BCUT2D eigenvalue weighted by molar-refractivity contribution is 7.88. The number of carbonyl (C=O) groups is 1. The van der Waals surface area contributed by atoms with Gasteiger partial charge in [-0.1, -0.05) is 13.3 Å². The molecule has 0 N–H and O–H groups in total. The highest BCUT2D eigenvalue weighted by Crippen LogP contribution is 2.26. The molecule has 6 nitrogen and oxygen atoms in total. The molecule has 2 rings (SSSR count). The minimum Gasteiger partial charge on any atom is -0.339 e. The van der Waals surface area contributed by atoms with Crippen LogP contribution in [0.4, 0.5) is 0 Å². The second-order valence-corrected chi connectivity index (χ2v) is 8.57. The van der Waals surface area contributed by atoms with Crippen LogP contribution in [0.5, 0.6) is 0 Å². The molecule has 1 amide bonds. The monoisotopic (exact) mass is 317 g/mol. The molecule has 0 radical (unpaired) electrons. The summed E-state index contributed by atoms with van der Waals surface area (Å²) in [6.07, 6.45) is 3.60. The van der Waals surface area contributed by atoms with Gasteiger partial charge in [0.2, 0.25) is 15.9 Å². The van der Waals surface area contributed by atoms with Crippen molar-refractivity contribution < 1.29 is 13.2 Å². The molecule has 3 atom stereocenters. The van der Waals surface area contributed by atoms with Crippen LogP contribution in [0.3, 0.4) is 0 Å². The van der Waals surface area contributed by atoms with E-state index < -0.39 is 16.1 Å². The summed E-state index contributed by atoms with van der Waals surface area (Å²) in [5.41, 5.74) is 0. The first-order valence-corrected chi connectivity index (χ1v) is 9.48. The third kappa shape index (κ3) is 3.57. The number of likely N-dealkylation sites (tertiary alicyclic amines) is 1. The zero-order valence-corrected chi connectivity index (χ0v) is 14.3. The summed E-state index contributed by atoms with van der Waals surface area (Å²) in [7, 11) is 0.735. The average Bonchev–Trinajstić information content (AvgIpc) is 2.79. The maximum absolute atomic E-state index is 12.8. The minimum absolute atomic E-state index is 0.0173. The van der Waals surface area contributed by atoms with Crippen LogP contribution in [0, 0.1) is 5.92 Å². The van der Waals surface area contributed by atoms with E-state index in [1.165, 1.54) is 10.6 Å². The molecule has 0 aromatic carbocycles. The van der Waals surface area contributed by atoms with E-state index in [2.05, 4.69) is 11.8 Å². The van der Waals surface area contributed by atoms with Crippen molar-refractivity contribution in [2.75, 3.05) is 40.0 Å². The summed E-state index contributed by atoms with van der Waals surface area (Å²) in [5.74, 6) is 0.399. The van der Waals surface area contributed by atoms with Crippen LogP contribution < -0.4 is 0 Å². The summed E-state index contributed by atoms with van der Waals surface area (Å²) < 4.78 is 25.2. The van der Waals surface area contributed by atoms with Crippen molar-refractivity contribution in [1.29, 1.82) is 0 Å². The molecule has 3 unspecified atom stereocenters. The molecule has 2 aliphatic heterocycles. The lowest BCUT2D eigenvalue weighted by Crippen LogP contribution is -2.52. The fourth-order valence-corrected chi connectivity index (χ4v) is 4.68. The van der Waals surface area contributed by atoms with Crippen molar-refractivity contribution in [2.24, 2.45) is 5.92 Å². The topological polar surface area (TPSA) is 60.9 Å². The van der Waals surface area contributed by atoms with Crippen molar-refractivity contribution in [3.63, 3.8) is 0 Å². The summed E-state index contributed by atoms with van der Waals surface area (Å²) in [6.45, 7) is 4.03. The number of rotatable bonds is 3. The van der Waals surface area contributed by atoms with E-state index in [9.17, 15) is 13.2 Å². The number of piperidine rings is 1. The number of likely N-dealkylation sites (N-methyl/N-ethyl adjacent to an activating group) is 1. The van der Waals surface area contributed by atoms with Crippen molar-refractivity contribution in [2.45, 2.75) is 38.3 Å². The van der Waals surface area contributed by atoms with Crippen LogP contribution in [0.2, 0.25) is 0 Å². The summed E-state index contributed by atoms with van der Waals surface area (Å²) in [5, 5.41) is 0. The van der Waals surface area contributed by atoms with E-state index in [0.717, 1.165) is 19.4 Å². The molecule has 7 heteroatoms. The SMILES string of the molecule is CC1CN(C(=O)C2CCCCN2S(C)(=O)=O)CC1N(C)C. The molecular weight excluding hydrogens is 290 g/mol. The molecule has 122 valence electrons. The summed E-state index contributed by atoms with van der Waals surface area (Å²) >= 11 is 0. The standard InChI is InChI=1S/C14H27N3O3S/c1-11-9-16(10-13(11)15(2)3)14(18)12-7-5-6-8-17(12)21(4,19)20/h11-13H,5-10H2,1-4H3. The molecule has 0 saturated carbocycles. The predicted octanol–water partition coefficient (Wildman–Crippen LogP) is 0.209. The lowest BCUT2D eigenvalue weighted by Gasteiger charge is -2.35. The number of carbonyl (C=O) groups excluding carboxylic acids is 1. The van der Waals surface area contributed by atoms with Gasteiger partial charge in [0.1, 0.15) is 6.04 Å². The molecule has 2 aliphatic rings. The fraction of sp³-hybridized carbons (Fsp3) is 0.929. The van der Waals surface area contributed by atoms with E-state index in [0.29, 0.717) is 31.5 Å². The lowest BCUT2D eigenvalue weighted by molar-refractivity contribution is -0.135. The Labute approximate surface area is 128 Å². The van der Waals surface area contributed by atoms with Crippen LogP contribution in [0.1, 0.15) is 26.2 Å². The van der Waals surface area contributed by atoms with Crippen LogP contribution in [0.15, 0.2) is 0 Å². The Hall–Kier alpha value is -0.660. The molecule has 21 heavy (non-hydrogen) atoms. The van der Waals surface area contributed by atoms with Gasteiger partial charge >= 0.3 is 0 Å². The van der Waals surface area contributed by atoms with Gasteiger partial charge in [0.15, 0.2) is 0 Å². The Morgan fingerprint density at radius 1 is 1.19 bits per heavy atom. The molecule has 0 aromatic heterocycles. The van der Waals surface area contributed by atoms with Crippen LogP contribution in [-0.4, -0.2) is 80.5 Å². The van der Waals surface area contributed by atoms with E-state index >= 15 is 0 Å². The Morgan fingerprint density at radius 3 is 2.38 bits per heavy atom. The highest BCUT2D eigenvalue weighted by Gasteiger charge is 2.41. The first kappa shape index (κ1) is 16.7. The normalized spacial score (nSPS) is 31.9. The van der Waals surface area contributed by atoms with Gasteiger partial charge in [-0.3, -0.25) is 4.79 Å². The van der Waals surface area contributed by atoms with Gasteiger partial charge in [-0.2, -0.15) is 4.31 Å². The van der Waals surface area contributed by atoms with Crippen LogP contribution in [0.25, 0.3) is 0 Å². The number of nitrogens with zero attached hydrogens (tertiary/aromatic N) is 3. The quantitative estimate of drug-likeness (QED) is 0.746. The molecule has 0 aromatic rings. The van der Waals surface area contributed by atoms with Gasteiger partial charge in [0.25, 0.3) is 0 Å².